The molecular weight excluding hydrogens is 309 g/mol. The number of fused-ring (bicyclic) bond motifs is 1. The summed E-state index contributed by atoms with van der Waals surface area (Å²) in [6.07, 6.45) is 0. The molecule has 1 aromatic heterocycles. The number of carboxylic acid groups (broad SMARTS) is 1. The molecule has 0 saturated carbocycles. The molecule has 3 rings (SSSR count). The van der Waals surface area contributed by atoms with Gasteiger partial charge in [0, 0.05) is 0 Å². The normalized spacial score (nSPS) is 10.7. The van der Waals surface area contributed by atoms with Gasteiger partial charge in [0.25, 0.3) is 0 Å². The number of benzene rings is 2. The molecule has 19 heavy (non-hydrogen) atoms. The number of carboxylic acids is 1. The first-order valence-corrected chi connectivity index (χ1v) is 7.31. The van der Waals surface area contributed by atoms with E-state index in [1.807, 2.05) is 30.3 Å². The van der Waals surface area contributed by atoms with Crippen LogP contribution < -0.4 is 9.25 Å². The third kappa shape index (κ3) is 2.38. The Bertz CT molecular complexity index is 718. The molecule has 0 fully saturated rings. The first-order chi connectivity index (χ1) is 9.24. The maximum absolute atomic E-state index is 11.1. The Labute approximate surface area is 115 Å². The summed E-state index contributed by atoms with van der Waals surface area (Å²) < 4.78 is 6.39. The van der Waals surface area contributed by atoms with Crippen molar-refractivity contribution in [2.75, 3.05) is 0 Å². The van der Waals surface area contributed by atoms with Crippen molar-refractivity contribution in [2.24, 2.45) is 0 Å². The zero-order chi connectivity index (χ0) is 13.2. The molecule has 0 unspecified atom stereocenters. The van der Waals surface area contributed by atoms with Crippen LogP contribution >= 0.6 is 0 Å². The van der Waals surface area contributed by atoms with E-state index >= 15 is 0 Å². The van der Waals surface area contributed by atoms with E-state index in [0.717, 1.165) is 15.6 Å². The van der Waals surface area contributed by atoms with Crippen molar-refractivity contribution in [1.29, 1.82) is 0 Å². The third-order valence-corrected chi connectivity index (χ3v) is 4.53. The van der Waals surface area contributed by atoms with E-state index < -0.39 is 5.97 Å². The molecule has 0 spiro atoms. The average molecular weight is 318 g/mol. The van der Waals surface area contributed by atoms with Crippen molar-refractivity contribution in [3.63, 3.8) is 0 Å². The third-order valence-electron chi connectivity index (χ3n) is 2.59. The molecule has 2 aromatic carbocycles. The zero-order valence-corrected chi connectivity index (χ0v) is 11.5. The van der Waals surface area contributed by atoms with Crippen LogP contribution in [0.4, 0.5) is 0 Å². The number of rotatable bonds is 3. The van der Waals surface area contributed by atoms with E-state index in [1.165, 1.54) is 0 Å². The molecule has 0 aliphatic carbocycles. The molecular formula is C14H9NO3Se. The summed E-state index contributed by atoms with van der Waals surface area (Å²) in [5.74, 6) is -0.923. The standard InChI is InChI=1S/C14H9NO3Se/c16-13(17)9-5-1-4-8-12(9)19-14-15-10-6-2-3-7-11(10)18-14/h1-8H,(H,16,17). The number of para-hydroxylation sites is 2. The van der Waals surface area contributed by atoms with Gasteiger partial charge in [-0.2, -0.15) is 0 Å². The molecule has 94 valence electrons. The van der Waals surface area contributed by atoms with Gasteiger partial charge in [-0.1, -0.05) is 0 Å². The van der Waals surface area contributed by atoms with Gasteiger partial charge in [-0.15, -0.1) is 0 Å². The number of oxazole rings is 1. The van der Waals surface area contributed by atoms with Crippen molar-refractivity contribution >= 4 is 41.3 Å². The van der Waals surface area contributed by atoms with Crippen LogP contribution in [0, 0.1) is 0 Å². The van der Waals surface area contributed by atoms with Crippen molar-refractivity contribution in [1.82, 2.24) is 4.98 Å². The molecule has 0 radical (unpaired) electrons. The van der Waals surface area contributed by atoms with Gasteiger partial charge in [0.05, 0.1) is 0 Å². The van der Waals surface area contributed by atoms with Crippen molar-refractivity contribution in [3.05, 3.63) is 54.1 Å². The monoisotopic (exact) mass is 319 g/mol. The molecule has 3 aromatic rings. The number of aromatic nitrogens is 1. The summed E-state index contributed by atoms with van der Waals surface area (Å²) in [6.45, 7) is 0. The Hall–Kier alpha value is -2.10. The van der Waals surface area contributed by atoms with Crippen LogP contribution in [0.15, 0.2) is 52.9 Å². The predicted molar refractivity (Wildman–Crippen MR) is 72.4 cm³/mol. The van der Waals surface area contributed by atoms with Crippen molar-refractivity contribution in [2.45, 2.75) is 0 Å². The Kier molecular flexibility index (Phi) is 3.07. The number of hydrogen-bond donors (Lipinski definition) is 1. The maximum atomic E-state index is 11.1. The Morgan fingerprint density at radius 3 is 2.63 bits per heavy atom. The molecule has 1 heterocycles. The summed E-state index contributed by atoms with van der Waals surface area (Å²) in [5, 5.41) is 9.14. The van der Waals surface area contributed by atoms with E-state index in [2.05, 4.69) is 4.98 Å². The summed E-state index contributed by atoms with van der Waals surface area (Å²) in [6, 6.07) is 14.5. The van der Waals surface area contributed by atoms with E-state index in [1.54, 1.807) is 18.2 Å². The minimum atomic E-state index is -0.923. The van der Waals surface area contributed by atoms with Crippen molar-refractivity contribution in [3.8, 4) is 0 Å². The summed E-state index contributed by atoms with van der Waals surface area (Å²) >= 11 is -0.256. The first-order valence-electron chi connectivity index (χ1n) is 5.60. The zero-order valence-electron chi connectivity index (χ0n) is 9.74. The molecule has 0 aliphatic rings. The van der Waals surface area contributed by atoms with Crippen LogP contribution in [0.3, 0.4) is 0 Å². The molecule has 5 heteroatoms. The summed E-state index contributed by atoms with van der Waals surface area (Å²) in [7, 11) is 0. The molecule has 4 nitrogen and oxygen atoms in total. The van der Waals surface area contributed by atoms with Crippen LogP contribution in [-0.2, 0) is 0 Å². The second kappa shape index (κ2) is 4.88. The van der Waals surface area contributed by atoms with Crippen LogP contribution in [-0.4, -0.2) is 31.0 Å². The topological polar surface area (TPSA) is 63.3 Å². The van der Waals surface area contributed by atoms with Gasteiger partial charge in [0.1, 0.15) is 0 Å². The molecule has 1 N–H and O–H groups in total. The summed E-state index contributed by atoms with van der Waals surface area (Å²) in [5.41, 5.74) is 1.84. The SMILES string of the molecule is O=C(O)c1ccccc1[Se]c1nc2ccccc2o1. The predicted octanol–water partition coefficient (Wildman–Crippen LogP) is 1.18. The van der Waals surface area contributed by atoms with E-state index in [-0.39, 0.29) is 15.0 Å². The van der Waals surface area contributed by atoms with Crippen LogP contribution in [0.1, 0.15) is 10.4 Å². The van der Waals surface area contributed by atoms with Gasteiger partial charge in [-0.05, 0) is 0 Å². The van der Waals surface area contributed by atoms with Crippen LogP contribution in [0.5, 0.6) is 0 Å². The number of hydrogen-bond acceptors (Lipinski definition) is 3. The van der Waals surface area contributed by atoms with Gasteiger partial charge < -0.3 is 0 Å². The van der Waals surface area contributed by atoms with Gasteiger partial charge in [0.15, 0.2) is 0 Å². The van der Waals surface area contributed by atoms with Crippen LogP contribution in [0.2, 0.25) is 0 Å². The van der Waals surface area contributed by atoms with Crippen LogP contribution in [0.25, 0.3) is 11.1 Å². The van der Waals surface area contributed by atoms with Gasteiger partial charge in [0.2, 0.25) is 0 Å². The quantitative estimate of drug-likeness (QED) is 0.737. The van der Waals surface area contributed by atoms with Gasteiger partial charge >= 0.3 is 115 Å². The van der Waals surface area contributed by atoms with Gasteiger partial charge in [-0.25, -0.2) is 0 Å². The average Bonchev–Trinajstić information content (AvgIpc) is 2.81. The van der Waals surface area contributed by atoms with E-state index in [0.29, 0.717) is 10.4 Å². The Morgan fingerprint density at radius 2 is 1.84 bits per heavy atom. The van der Waals surface area contributed by atoms with Crippen molar-refractivity contribution < 1.29 is 14.3 Å². The molecule has 0 amide bonds. The first kappa shape index (κ1) is 12.0. The number of carbonyl (C=O) groups is 1. The number of nitrogens with zero attached hydrogens (tertiary/aromatic N) is 1. The van der Waals surface area contributed by atoms with E-state index in [9.17, 15) is 4.79 Å². The minimum absolute atomic E-state index is 0.256. The fourth-order valence-electron chi connectivity index (χ4n) is 1.72. The second-order valence-corrected chi connectivity index (χ2v) is 5.93. The Morgan fingerprint density at radius 1 is 1.11 bits per heavy atom. The molecule has 0 aliphatic heterocycles. The summed E-state index contributed by atoms with van der Waals surface area (Å²) in [4.78, 5) is 16.1. The molecule has 0 bridgehead atoms. The second-order valence-electron chi connectivity index (χ2n) is 3.85. The fraction of sp³-hybridized carbons (Fsp3) is 0. The fourth-order valence-corrected chi connectivity index (χ4v) is 3.56. The molecule has 0 atom stereocenters. The van der Waals surface area contributed by atoms with E-state index in [4.69, 9.17) is 9.52 Å². The molecule has 0 saturated heterocycles. The Balaban J connectivity index is 1.99. The number of aromatic carboxylic acids is 1. The van der Waals surface area contributed by atoms with Gasteiger partial charge in [-0.3, -0.25) is 0 Å².